The van der Waals surface area contributed by atoms with Crippen LogP contribution in [-0.2, 0) is 9.53 Å². The Hall–Kier alpha value is -1.89. The van der Waals surface area contributed by atoms with Gasteiger partial charge in [0.25, 0.3) is 0 Å². The van der Waals surface area contributed by atoms with E-state index in [9.17, 15) is 4.79 Å². The van der Waals surface area contributed by atoms with Crippen LogP contribution in [0.2, 0.25) is 0 Å². The first-order valence-electron chi connectivity index (χ1n) is 6.03. The molecule has 0 radical (unpaired) electrons. The van der Waals surface area contributed by atoms with Gasteiger partial charge in [-0.3, -0.25) is 4.79 Å². The van der Waals surface area contributed by atoms with Crippen molar-refractivity contribution in [1.82, 2.24) is 9.97 Å². The van der Waals surface area contributed by atoms with Gasteiger partial charge < -0.3 is 15.8 Å². The molecule has 19 heavy (non-hydrogen) atoms. The monoisotopic (exact) mass is 280 g/mol. The molecule has 0 saturated heterocycles. The molecule has 0 unspecified atom stereocenters. The molecular formula is C12H16N4O2S. The Kier molecular flexibility index (Phi) is 4.16. The SMILES string of the molecule is CCOC(=O)CCNc1nc(N)nc2sc(C)cc12. The summed E-state index contributed by atoms with van der Waals surface area (Å²) in [4.78, 5) is 21.6. The van der Waals surface area contributed by atoms with Gasteiger partial charge in [0.1, 0.15) is 10.6 Å². The maximum atomic E-state index is 11.3. The van der Waals surface area contributed by atoms with Gasteiger partial charge in [-0.1, -0.05) is 0 Å². The Morgan fingerprint density at radius 2 is 2.32 bits per heavy atom. The van der Waals surface area contributed by atoms with Gasteiger partial charge in [-0.05, 0) is 19.9 Å². The van der Waals surface area contributed by atoms with Gasteiger partial charge in [-0.2, -0.15) is 4.98 Å². The summed E-state index contributed by atoms with van der Waals surface area (Å²) >= 11 is 1.57. The molecule has 0 aliphatic rings. The Bertz CT molecular complexity index is 597. The minimum absolute atomic E-state index is 0.227. The first-order valence-corrected chi connectivity index (χ1v) is 6.85. The molecule has 0 amide bonds. The quantitative estimate of drug-likeness (QED) is 0.813. The summed E-state index contributed by atoms with van der Waals surface area (Å²) in [6.07, 6.45) is 0.294. The molecular weight excluding hydrogens is 264 g/mol. The number of ether oxygens (including phenoxy) is 1. The molecule has 0 fully saturated rings. The fraction of sp³-hybridized carbons (Fsp3) is 0.417. The number of fused-ring (bicyclic) bond motifs is 1. The van der Waals surface area contributed by atoms with Crippen molar-refractivity contribution in [3.05, 3.63) is 10.9 Å². The molecule has 0 spiro atoms. The molecule has 2 aromatic heterocycles. The molecule has 3 N–H and O–H groups in total. The molecule has 0 bridgehead atoms. The van der Waals surface area contributed by atoms with E-state index in [1.165, 1.54) is 0 Å². The largest absolute Gasteiger partial charge is 0.466 e. The van der Waals surface area contributed by atoms with Crippen molar-refractivity contribution in [3.63, 3.8) is 0 Å². The van der Waals surface area contributed by atoms with E-state index in [0.717, 1.165) is 15.1 Å². The first-order chi connectivity index (χ1) is 9.10. The summed E-state index contributed by atoms with van der Waals surface area (Å²) in [7, 11) is 0. The van der Waals surface area contributed by atoms with E-state index in [-0.39, 0.29) is 11.9 Å². The normalized spacial score (nSPS) is 10.6. The number of rotatable bonds is 5. The number of nitrogens with zero attached hydrogens (tertiary/aromatic N) is 2. The molecule has 0 aliphatic heterocycles. The number of nitrogens with two attached hydrogens (primary N) is 1. The number of anilines is 2. The zero-order valence-corrected chi connectivity index (χ0v) is 11.7. The average molecular weight is 280 g/mol. The van der Waals surface area contributed by atoms with Crippen molar-refractivity contribution < 1.29 is 9.53 Å². The molecule has 0 atom stereocenters. The number of hydrogen-bond donors (Lipinski definition) is 2. The summed E-state index contributed by atoms with van der Waals surface area (Å²) in [5.41, 5.74) is 5.67. The summed E-state index contributed by atoms with van der Waals surface area (Å²) < 4.78 is 4.86. The van der Waals surface area contributed by atoms with Crippen LogP contribution in [0.15, 0.2) is 6.07 Å². The topological polar surface area (TPSA) is 90.1 Å². The van der Waals surface area contributed by atoms with Crippen LogP contribution in [0.5, 0.6) is 0 Å². The second kappa shape index (κ2) is 5.83. The zero-order valence-electron chi connectivity index (χ0n) is 10.9. The summed E-state index contributed by atoms with van der Waals surface area (Å²) in [6.45, 7) is 4.64. The van der Waals surface area contributed by atoms with Crippen LogP contribution in [-0.4, -0.2) is 29.1 Å². The van der Waals surface area contributed by atoms with Gasteiger partial charge in [-0.25, -0.2) is 4.98 Å². The maximum absolute atomic E-state index is 11.3. The number of carbonyl (C=O) groups is 1. The second-order valence-corrected chi connectivity index (χ2v) is 5.22. The summed E-state index contributed by atoms with van der Waals surface area (Å²) in [5, 5.41) is 4.04. The van der Waals surface area contributed by atoms with Crippen LogP contribution in [0.3, 0.4) is 0 Å². The number of nitrogens with one attached hydrogen (secondary N) is 1. The lowest BCUT2D eigenvalue weighted by Gasteiger charge is -2.07. The molecule has 2 aromatic rings. The maximum Gasteiger partial charge on any atom is 0.307 e. The molecule has 7 heteroatoms. The number of hydrogen-bond acceptors (Lipinski definition) is 7. The highest BCUT2D eigenvalue weighted by atomic mass is 32.1. The lowest BCUT2D eigenvalue weighted by atomic mass is 10.3. The Labute approximate surface area is 115 Å². The molecule has 0 aliphatic carbocycles. The van der Waals surface area contributed by atoms with Crippen LogP contribution in [0.1, 0.15) is 18.2 Å². The van der Waals surface area contributed by atoms with E-state index < -0.39 is 0 Å². The van der Waals surface area contributed by atoms with Crippen molar-refractivity contribution in [2.24, 2.45) is 0 Å². The van der Waals surface area contributed by atoms with E-state index in [1.807, 2.05) is 13.0 Å². The number of carbonyl (C=O) groups excluding carboxylic acids is 1. The predicted molar refractivity (Wildman–Crippen MR) is 76.3 cm³/mol. The number of nitrogen functional groups attached to an aromatic ring is 1. The molecule has 0 saturated carbocycles. The van der Waals surface area contributed by atoms with Crippen LogP contribution in [0.4, 0.5) is 11.8 Å². The van der Waals surface area contributed by atoms with E-state index in [4.69, 9.17) is 10.5 Å². The van der Waals surface area contributed by atoms with Crippen LogP contribution in [0.25, 0.3) is 10.2 Å². The zero-order chi connectivity index (χ0) is 13.8. The Balaban J connectivity index is 2.09. The van der Waals surface area contributed by atoms with E-state index >= 15 is 0 Å². The van der Waals surface area contributed by atoms with Crippen molar-refractivity contribution in [2.45, 2.75) is 20.3 Å². The van der Waals surface area contributed by atoms with Crippen molar-refractivity contribution in [3.8, 4) is 0 Å². The standard InChI is InChI=1S/C12H16N4O2S/c1-3-18-9(17)4-5-14-10-8-6-7(2)19-11(8)16-12(13)15-10/h6H,3-5H2,1-2H3,(H3,13,14,15,16). The van der Waals surface area contributed by atoms with Crippen LogP contribution < -0.4 is 11.1 Å². The number of aromatic nitrogens is 2. The third-order valence-electron chi connectivity index (χ3n) is 2.46. The Morgan fingerprint density at radius 1 is 1.53 bits per heavy atom. The highest BCUT2D eigenvalue weighted by Crippen LogP contribution is 2.28. The minimum Gasteiger partial charge on any atom is -0.466 e. The van der Waals surface area contributed by atoms with Crippen LogP contribution in [0, 0.1) is 6.92 Å². The summed E-state index contributed by atoms with van der Waals surface area (Å²) in [6, 6.07) is 2.01. The lowest BCUT2D eigenvalue weighted by molar-refractivity contribution is -0.142. The third-order valence-corrected chi connectivity index (χ3v) is 3.40. The van der Waals surface area contributed by atoms with Crippen LogP contribution >= 0.6 is 11.3 Å². The predicted octanol–water partition coefficient (Wildman–Crippen LogP) is 1.95. The second-order valence-electron chi connectivity index (χ2n) is 3.99. The number of thiophene rings is 1. The summed E-state index contributed by atoms with van der Waals surface area (Å²) in [5.74, 6) is 0.666. The van der Waals surface area contributed by atoms with Gasteiger partial charge in [0.2, 0.25) is 5.95 Å². The minimum atomic E-state index is -0.227. The lowest BCUT2D eigenvalue weighted by Crippen LogP contribution is -2.12. The number of esters is 1. The molecule has 0 aromatic carbocycles. The number of aryl methyl sites for hydroxylation is 1. The molecule has 2 heterocycles. The van der Waals surface area contributed by atoms with Crippen molar-refractivity contribution in [1.29, 1.82) is 0 Å². The molecule has 6 nitrogen and oxygen atoms in total. The van der Waals surface area contributed by atoms with E-state index in [0.29, 0.717) is 25.4 Å². The van der Waals surface area contributed by atoms with E-state index in [2.05, 4.69) is 15.3 Å². The van der Waals surface area contributed by atoms with Gasteiger partial charge >= 0.3 is 5.97 Å². The van der Waals surface area contributed by atoms with Gasteiger partial charge in [-0.15, -0.1) is 11.3 Å². The third kappa shape index (κ3) is 3.31. The molecule has 102 valence electrons. The van der Waals surface area contributed by atoms with Gasteiger partial charge in [0, 0.05) is 11.4 Å². The highest BCUT2D eigenvalue weighted by Gasteiger charge is 2.09. The molecule has 2 rings (SSSR count). The fourth-order valence-electron chi connectivity index (χ4n) is 1.71. The smallest absolute Gasteiger partial charge is 0.307 e. The highest BCUT2D eigenvalue weighted by molar-refractivity contribution is 7.18. The fourth-order valence-corrected chi connectivity index (χ4v) is 2.60. The van der Waals surface area contributed by atoms with Crippen molar-refractivity contribution >= 4 is 39.3 Å². The Morgan fingerprint density at radius 3 is 3.05 bits per heavy atom. The van der Waals surface area contributed by atoms with Gasteiger partial charge in [0.15, 0.2) is 0 Å². The van der Waals surface area contributed by atoms with E-state index in [1.54, 1.807) is 18.3 Å². The first kappa shape index (κ1) is 13.5. The van der Waals surface area contributed by atoms with Gasteiger partial charge in [0.05, 0.1) is 18.4 Å². The van der Waals surface area contributed by atoms with Crippen molar-refractivity contribution in [2.75, 3.05) is 24.2 Å². The average Bonchev–Trinajstić information content (AvgIpc) is 2.69.